The maximum absolute atomic E-state index is 12.7. The largest absolute Gasteiger partial charge is 0.497 e. The summed E-state index contributed by atoms with van der Waals surface area (Å²) < 4.78 is 11.4. The third-order valence-corrected chi connectivity index (χ3v) is 5.19. The van der Waals surface area contributed by atoms with Gasteiger partial charge < -0.3 is 19.7 Å². The Morgan fingerprint density at radius 1 is 1.31 bits per heavy atom. The molecule has 26 heavy (non-hydrogen) atoms. The maximum atomic E-state index is 12.7. The summed E-state index contributed by atoms with van der Waals surface area (Å²) in [5.41, 5.74) is 0.679. The summed E-state index contributed by atoms with van der Waals surface area (Å²) in [4.78, 5) is 17.3. The van der Waals surface area contributed by atoms with E-state index in [1.165, 1.54) is 0 Å². The van der Waals surface area contributed by atoms with Gasteiger partial charge in [-0.15, -0.1) is 0 Å². The summed E-state index contributed by atoms with van der Waals surface area (Å²) >= 11 is 0. The molecule has 1 N–H and O–H groups in total. The summed E-state index contributed by atoms with van der Waals surface area (Å²) in [5.74, 6) is 1.68. The molecule has 0 aliphatic carbocycles. The molecule has 0 aromatic heterocycles. The van der Waals surface area contributed by atoms with Crippen molar-refractivity contribution in [2.75, 3.05) is 46.9 Å². The quantitative estimate of drug-likeness (QED) is 0.890. The number of carbonyl (C=O) groups is 1. The van der Waals surface area contributed by atoms with E-state index >= 15 is 0 Å². The fraction of sp³-hybridized carbons (Fsp3) is 0.650. The number of hydrogen-bond acceptors (Lipinski definition) is 5. The third kappa shape index (κ3) is 4.68. The van der Waals surface area contributed by atoms with Gasteiger partial charge in [0.15, 0.2) is 0 Å². The first-order chi connectivity index (χ1) is 12.4. The topological polar surface area (TPSA) is 54.0 Å². The Bertz CT molecular complexity index is 647. The zero-order valence-electron chi connectivity index (χ0n) is 16.4. The molecule has 1 fully saturated rings. The Hall–Kier alpha value is -1.79. The number of fused-ring (bicyclic) bond motifs is 1. The molecule has 0 unspecified atom stereocenters. The van der Waals surface area contributed by atoms with Gasteiger partial charge in [-0.1, -0.05) is 0 Å². The zero-order valence-corrected chi connectivity index (χ0v) is 16.4. The smallest absolute Gasteiger partial charge is 0.234 e. The number of carbonyl (C=O) groups excluding carboxylic acids is 1. The molecule has 144 valence electrons. The molecule has 1 aromatic carbocycles. The van der Waals surface area contributed by atoms with Crippen molar-refractivity contribution in [2.24, 2.45) is 0 Å². The van der Waals surface area contributed by atoms with Crippen LogP contribution in [0.25, 0.3) is 0 Å². The van der Waals surface area contributed by atoms with E-state index in [1.807, 2.05) is 18.2 Å². The molecule has 1 amide bonds. The minimum absolute atomic E-state index is 0.0639. The van der Waals surface area contributed by atoms with Crippen molar-refractivity contribution in [3.8, 4) is 11.5 Å². The van der Waals surface area contributed by atoms with Gasteiger partial charge in [0, 0.05) is 25.1 Å². The molecule has 0 radical (unpaired) electrons. The average molecular weight is 361 g/mol. The van der Waals surface area contributed by atoms with Crippen LogP contribution in [0.1, 0.15) is 38.3 Å². The Morgan fingerprint density at radius 3 is 2.88 bits per heavy atom. The Labute approximate surface area is 156 Å². The van der Waals surface area contributed by atoms with E-state index in [2.05, 4.69) is 36.0 Å². The summed E-state index contributed by atoms with van der Waals surface area (Å²) in [6.07, 6.45) is 1.84. The molecule has 1 saturated heterocycles. The van der Waals surface area contributed by atoms with Gasteiger partial charge in [-0.2, -0.15) is 0 Å². The van der Waals surface area contributed by atoms with E-state index in [-0.39, 0.29) is 17.6 Å². The molecule has 0 spiro atoms. The molecule has 1 aromatic rings. The second-order valence-corrected chi connectivity index (χ2v) is 8.02. The highest BCUT2D eigenvalue weighted by Gasteiger charge is 2.35. The van der Waals surface area contributed by atoms with Gasteiger partial charge >= 0.3 is 0 Å². The molecule has 6 heteroatoms. The van der Waals surface area contributed by atoms with E-state index in [4.69, 9.17) is 9.47 Å². The minimum Gasteiger partial charge on any atom is -0.497 e. The fourth-order valence-electron chi connectivity index (χ4n) is 3.79. The molecular weight excluding hydrogens is 330 g/mol. The van der Waals surface area contributed by atoms with Crippen LogP contribution in [-0.4, -0.2) is 68.2 Å². The summed E-state index contributed by atoms with van der Waals surface area (Å²) in [6, 6.07) is 5.73. The second kappa shape index (κ2) is 7.84. The molecule has 2 aliphatic rings. The van der Waals surface area contributed by atoms with Gasteiger partial charge in [0.2, 0.25) is 5.91 Å². The highest BCUT2D eigenvalue weighted by Crippen LogP contribution is 2.41. The number of benzene rings is 1. The van der Waals surface area contributed by atoms with Crippen LogP contribution < -0.4 is 14.8 Å². The van der Waals surface area contributed by atoms with E-state index in [0.717, 1.165) is 56.1 Å². The molecule has 0 bridgehead atoms. The van der Waals surface area contributed by atoms with Crippen molar-refractivity contribution in [1.82, 2.24) is 15.1 Å². The first kappa shape index (κ1) is 19.0. The maximum Gasteiger partial charge on any atom is 0.234 e. The van der Waals surface area contributed by atoms with Crippen LogP contribution in [-0.2, 0) is 4.79 Å². The molecule has 0 saturated carbocycles. The SMILES string of the molecule is COc1ccc2c(c1)[C@H](NC(=O)CN1CCCN(C)CC1)CC(C)(C)O2. The first-order valence-corrected chi connectivity index (χ1v) is 9.43. The molecule has 2 heterocycles. The van der Waals surface area contributed by atoms with Gasteiger partial charge in [0.25, 0.3) is 0 Å². The molecule has 3 rings (SSSR count). The highest BCUT2D eigenvalue weighted by atomic mass is 16.5. The number of methoxy groups -OCH3 is 1. The predicted octanol–water partition coefficient (Wildman–Crippen LogP) is 2.05. The molecule has 6 nitrogen and oxygen atoms in total. The molecular formula is C20H31N3O3. The van der Waals surface area contributed by atoms with Crippen LogP contribution in [0, 0.1) is 0 Å². The Kier molecular flexibility index (Phi) is 5.73. The standard InChI is InChI=1S/C20H31N3O3/c1-20(2)13-17(16-12-15(25-4)6-7-18(16)26-20)21-19(24)14-23-9-5-8-22(3)10-11-23/h6-7,12,17H,5,8-11,13-14H2,1-4H3,(H,21,24)/t17-/m1/s1. The third-order valence-electron chi connectivity index (χ3n) is 5.19. The monoisotopic (exact) mass is 361 g/mol. The second-order valence-electron chi connectivity index (χ2n) is 8.02. The predicted molar refractivity (Wildman–Crippen MR) is 102 cm³/mol. The number of nitrogens with zero attached hydrogens (tertiary/aromatic N) is 2. The lowest BCUT2D eigenvalue weighted by atomic mass is 9.89. The number of nitrogens with one attached hydrogen (secondary N) is 1. The number of amides is 1. The van der Waals surface area contributed by atoms with Crippen molar-refractivity contribution in [3.63, 3.8) is 0 Å². The van der Waals surface area contributed by atoms with Crippen molar-refractivity contribution < 1.29 is 14.3 Å². The van der Waals surface area contributed by atoms with E-state index in [0.29, 0.717) is 6.54 Å². The van der Waals surface area contributed by atoms with Crippen molar-refractivity contribution in [1.29, 1.82) is 0 Å². The van der Waals surface area contributed by atoms with Crippen LogP contribution in [0.4, 0.5) is 0 Å². The number of rotatable bonds is 4. The van der Waals surface area contributed by atoms with Crippen LogP contribution in [0.5, 0.6) is 11.5 Å². The van der Waals surface area contributed by atoms with E-state index in [9.17, 15) is 4.79 Å². The van der Waals surface area contributed by atoms with Crippen molar-refractivity contribution >= 4 is 5.91 Å². The average Bonchev–Trinajstić information content (AvgIpc) is 2.78. The highest BCUT2D eigenvalue weighted by molar-refractivity contribution is 5.78. The summed E-state index contributed by atoms with van der Waals surface area (Å²) in [6.45, 7) is 8.59. The van der Waals surface area contributed by atoms with Crippen LogP contribution in [0.15, 0.2) is 18.2 Å². The number of ether oxygens (including phenoxy) is 2. The lowest BCUT2D eigenvalue weighted by molar-refractivity contribution is -0.123. The van der Waals surface area contributed by atoms with Gasteiger partial charge in [0.05, 0.1) is 19.7 Å². The normalized spacial score (nSPS) is 23.5. The van der Waals surface area contributed by atoms with E-state index in [1.54, 1.807) is 7.11 Å². The first-order valence-electron chi connectivity index (χ1n) is 9.43. The lowest BCUT2D eigenvalue weighted by Gasteiger charge is -2.38. The van der Waals surface area contributed by atoms with Gasteiger partial charge in [-0.05, 0) is 58.6 Å². The van der Waals surface area contributed by atoms with Gasteiger partial charge in [-0.25, -0.2) is 0 Å². The van der Waals surface area contributed by atoms with Crippen LogP contribution in [0.3, 0.4) is 0 Å². The minimum atomic E-state index is -0.315. The molecule has 2 aliphatic heterocycles. The fourth-order valence-corrected chi connectivity index (χ4v) is 3.79. The number of hydrogen-bond donors (Lipinski definition) is 1. The van der Waals surface area contributed by atoms with Gasteiger partial charge in [0.1, 0.15) is 17.1 Å². The summed E-state index contributed by atoms with van der Waals surface area (Å²) in [7, 11) is 3.79. The van der Waals surface area contributed by atoms with Crippen molar-refractivity contribution in [3.05, 3.63) is 23.8 Å². The van der Waals surface area contributed by atoms with Gasteiger partial charge in [-0.3, -0.25) is 9.69 Å². The lowest BCUT2D eigenvalue weighted by Crippen LogP contribution is -2.44. The van der Waals surface area contributed by atoms with Crippen LogP contribution in [0.2, 0.25) is 0 Å². The zero-order chi connectivity index (χ0) is 18.7. The molecule has 1 atom stereocenters. The number of likely N-dealkylation sites (N-methyl/N-ethyl adjacent to an activating group) is 1. The summed E-state index contributed by atoms with van der Waals surface area (Å²) in [5, 5.41) is 3.23. The Morgan fingerprint density at radius 2 is 2.12 bits per heavy atom. The van der Waals surface area contributed by atoms with E-state index < -0.39 is 0 Å². The Balaban J connectivity index is 1.69. The van der Waals surface area contributed by atoms with Crippen molar-refractivity contribution in [2.45, 2.75) is 38.3 Å². The van der Waals surface area contributed by atoms with Crippen LogP contribution >= 0.6 is 0 Å².